The molecule has 0 aliphatic heterocycles. The zero-order chi connectivity index (χ0) is 17.1. The second kappa shape index (κ2) is 7.40. The summed E-state index contributed by atoms with van der Waals surface area (Å²) in [5.41, 5.74) is 0. The molecule has 1 N–H and O–H groups in total. The van der Waals surface area contributed by atoms with Gasteiger partial charge in [-0.2, -0.15) is 4.68 Å². The Kier molecular flexibility index (Phi) is 5.25. The predicted octanol–water partition coefficient (Wildman–Crippen LogP) is 3.31. The summed E-state index contributed by atoms with van der Waals surface area (Å²) < 4.78 is 11.6. The van der Waals surface area contributed by atoms with Crippen LogP contribution in [-0.2, 0) is 6.54 Å². The van der Waals surface area contributed by atoms with Crippen molar-refractivity contribution in [3.05, 3.63) is 56.3 Å². The molecule has 0 radical (unpaired) electrons. The van der Waals surface area contributed by atoms with E-state index in [1.807, 2.05) is 11.4 Å². The van der Waals surface area contributed by atoms with E-state index < -0.39 is 11.9 Å². The van der Waals surface area contributed by atoms with Crippen molar-refractivity contribution in [2.45, 2.75) is 12.6 Å². The lowest BCUT2D eigenvalue weighted by Crippen LogP contribution is -2.29. The van der Waals surface area contributed by atoms with Crippen LogP contribution in [0.25, 0.3) is 10.8 Å². The van der Waals surface area contributed by atoms with E-state index in [2.05, 4.69) is 5.10 Å². The largest absolute Gasteiger partial charge is 0.489 e. The van der Waals surface area contributed by atoms with Gasteiger partial charge in [0.15, 0.2) is 0 Å². The number of rotatable bonds is 6. The second-order valence-corrected chi connectivity index (χ2v) is 6.66. The second-order valence-electron chi connectivity index (χ2n) is 4.87. The summed E-state index contributed by atoms with van der Waals surface area (Å²) in [6, 6.07) is 8.40. The van der Waals surface area contributed by atoms with E-state index in [-0.39, 0.29) is 19.0 Å². The average Bonchev–Trinajstić information content (AvgIpc) is 3.19. The van der Waals surface area contributed by atoms with Gasteiger partial charge < -0.3 is 14.3 Å². The highest BCUT2D eigenvalue weighted by molar-refractivity contribution is 7.13. The Morgan fingerprint density at radius 2 is 2.21 bits per heavy atom. The van der Waals surface area contributed by atoms with Gasteiger partial charge in [0.05, 0.1) is 16.4 Å². The number of benzene rings is 1. The Morgan fingerprint density at radius 1 is 1.38 bits per heavy atom. The summed E-state index contributed by atoms with van der Waals surface area (Å²) in [5.74, 6) is -0.0609. The summed E-state index contributed by atoms with van der Waals surface area (Å²) in [5, 5.41) is 16.8. The molecule has 0 saturated heterocycles. The Bertz CT molecular complexity index is 876. The third-order valence-electron chi connectivity index (χ3n) is 3.05. The third kappa shape index (κ3) is 3.99. The first kappa shape index (κ1) is 17.0. The maximum atomic E-state index is 11.8. The summed E-state index contributed by atoms with van der Waals surface area (Å²) in [7, 11) is 0. The molecule has 0 aliphatic rings. The molecule has 1 unspecified atom stereocenters. The highest BCUT2D eigenvalue weighted by Gasteiger charge is 2.15. The Balaban J connectivity index is 1.64. The van der Waals surface area contributed by atoms with E-state index in [0.717, 1.165) is 9.56 Å². The van der Waals surface area contributed by atoms with Crippen LogP contribution in [-0.4, -0.2) is 27.6 Å². The van der Waals surface area contributed by atoms with Crippen molar-refractivity contribution in [3.8, 4) is 16.5 Å². The Hall–Kier alpha value is -1.80. The van der Waals surface area contributed by atoms with Gasteiger partial charge in [-0.1, -0.05) is 29.3 Å². The van der Waals surface area contributed by atoms with Crippen LogP contribution < -0.4 is 10.5 Å². The van der Waals surface area contributed by atoms with Gasteiger partial charge in [0.2, 0.25) is 0 Å². The van der Waals surface area contributed by atoms with Crippen LogP contribution in [0.2, 0.25) is 10.0 Å². The van der Waals surface area contributed by atoms with Crippen molar-refractivity contribution in [1.29, 1.82) is 0 Å². The van der Waals surface area contributed by atoms with Crippen molar-refractivity contribution < 1.29 is 14.3 Å². The number of hydrogen-bond acceptors (Lipinski definition) is 6. The molecular formula is C15H12Cl2N2O4S. The van der Waals surface area contributed by atoms with E-state index in [4.69, 9.17) is 32.4 Å². The van der Waals surface area contributed by atoms with Crippen LogP contribution in [0.4, 0.5) is 0 Å². The van der Waals surface area contributed by atoms with Crippen molar-refractivity contribution >= 4 is 34.5 Å². The lowest BCUT2D eigenvalue weighted by Gasteiger charge is -2.12. The van der Waals surface area contributed by atoms with Gasteiger partial charge in [-0.25, -0.2) is 4.79 Å². The van der Waals surface area contributed by atoms with E-state index in [0.29, 0.717) is 15.8 Å². The topological polar surface area (TPSA) is 77.5 Å². The van der Waals surface area contributed by atoms with Crippen LogP contribution in [0.1, 0.15) is 0 Å². The maximum Gasteiger partial charge on any atom is 0.437 e. The summed E-state index contributed by atoms with van der Waals surface area (Å²) in [4.78, 5) is 12.5. The lowest BCUT2D eigenvalue weighted by atomic mass is 10.3. The first-order valence-electron chi connectivity index (χ1n) is 6.90. The highest BCUT2D eigenvalue weighted by atomic mass is 35.5. The van der Waals surface area contributed by atoms with Gasteiger partial charge in [0.25, 0.3) is 5.89 Å². The molecule has 0 saturated carbocycles. The molecule has 2 aromatic heterocycles. The molecule has 9 heteroatoms. The maximum absolute atomic E-state index is 11.8. The molecule has 0 spiro atoms. The fraction of sp³-hybridized carbons (Fsp3) is 0.200. The molecule has 0 amide bonds. The molecule has 6 nitrogen and oxygen atoms in total. The van der Waals surface area contributed by atoms with E-state index in [1.165, 1.54) is 11.3 Å². The number of aliphatic hydroxyl groups excluding tert-OH is 1. The van der Waals surface area contributed by atoms with E-state index in [1.54, 1.807) is 24.3 Å². The van der Waals surface area contributed by atoms with Crippen molar-refractivity contribution in [1.82, 2.24) is 9.78 Å². The molecular weight excluding hydrogens is 375 g/mol. The highest BCUT2D eigenvalue weighted by Crippen LogP contribution is 2.27. The van der Waals surface area contributed by atoms with Gasteiger partial charge in [-0.05, 0) is 23.6 Å². The van der Waals surface area contributed by atoms with E-state index in [9.17, 15) is 9.90 Å². The number of aliphatic hydroxyl groups is 1. The molecule has 3 rings (SSSR count). The number of nitrogens with zero attached hydrogens (tertiary/aromatic N) is 2. The fourth-order valence-corrected chi connectivity index (χ4v) is 2.93. The quantitative estimate of drug-likeness (QED) is 0.702. The molecule has 1 aromatic carbocycles. The number of ether oxygens (including phenoxy) is 1. The predicted molar refractivity (Wildman–Crippen MR) is 92.0 cm³/mol. The minimum absolute atomic E-state index is 0.0636. The van der Waals surface area contributed by atoms with Crippen molar-refractivity contribution in [2.75, 3.05) is 6.61 Å². The summed E-state index contributed by atoms with van der Waals surface area (Å²) in [6.07, 6.45) is -0.973. The Morgan fingerprint density at radius 3 is 2.96 bits per heavy atom. The van der Waals surface area contributed by atoms with Crippen LogP contribution in [0, 0.1) is 0 Å². The summed E-state index contributed by atoms with van der Waals surface area (Å²) >= 11 is 13.2. The minimum Gasteiger partial charge on any atom is -0.489 e. The zero-order valence-electron chi connectivity index (χ0n) is 12.2. The molecule has 3 aromatic rings. The van der Waals surface area contributed by atoms with Crippen LogP contribution in [0.5, 0.6) is 5.75 Å². The Labute approximate surface area is 150 Å². The van der Waals surface area contributed by atoms with Gasteiger partial charge in [-0.15, -0.1) is 16.4 Å². The number of thiophene rings is 1. The van der Waals surface area contributed by atoms with Crippen LogP contribution >= 0.6 is 34.5 Å². The zero-order valence-corrected chi connectivity index (χ0v) is 14.5. The normalized spacial score (nSPS) is 12.3. The monoisotopic (exact) mass is 386 g/mol. The molecule has 1 atom stereocenters. The lowest BCUT2D eigenvalue weighted by molar-refractivity contribution is 0.0876. The van der Waals surface area contributed by atoms with Crippen molar-refractivity contribution in [3.63, 3.8) is 0 Å². The molecule has 0 bridgehead atoms. The summed E-state index contributed by atoms with van der Waals surface area (Å²) in [6.45, 7) is -0.139. The van der Waals surface area contributed by atoms with Crippen LogP contribution in [0.15, 0.2) is 44.9 Å². The minimum atomic E-state index is -0.973. The third-order valence-corrected chi connectivity index (χ3v) is 4.45. The van der Waals surface area contributed by atoms with Crippen LogP contribution in [0.3, 0.4) is 0 Å². The van der Waals surface area contributed by atoms with Gasteiger partial charge in [-0.3, -0.25) is 0 Å². The number of aromatic nitrogens is 2. The SMILES string of the molecule is O=c1oc(-c2cccs2)nn1CC(O)COc1cc(Cl)ccc1Cl. The fourth-order valence-electron chi connectivity index (χ4n) is 1.95. The molecule has 0 fully saturated rings. The van der Waals surface area contributed by atoms with Gasteiger partial charge >= 0.3 is 5.76 Å². The number of halogens is 2. The average molecular weight is 387 g/mol. The first-order valence-corrected chi connectivity index (χ1v) is 8.54. The van der Waals surface area contributed by atoms with Crippen molar-refractivity contribution in [2.24, 2.45) is 0 Å². The van der Waals surface area contributed by atoms with E-state index >= 15 is 0 Å². The van der Waals surface area contributed by atoms with Gasteiger partial charge in [0.1, 0.15) is 18.5 Å². The molecule has 2 heterocycles. The first-order chi connectivity index (χ1) is 11.5. The molecule has 126 valence electrons. The van der Waals surface area contributed by atoms with Gasteiger partial charge in [0, 0.05) is 11.1 Å². The molecule has 24 heavy (non-hydrogen) atoms. The molecule has 0 aliphatic carbocycles. The smallest absolute Gasteiger partial charge is 0.437 e. The standard InChI is InChI=1S/C15H12Cl2N2O4S/c16-9-3-4-11(17)12(6-9)22-8-10(20)7-19-15(21)23-14(18-19)13-2-1-5-24-13/h1-6,10,20H,7-8H2. The number of hydrogen-bond donors (Lipinski definition) is 1.